The van der Waals surface area contributed by atoms with Gasteiger partial charge in [-0.25, -0.2) is 4.79 Å². The van der Waals surface area contributed by atoms with E-state index >= 15 is 0 Å². The summed E-state index contributed by atoms with van der Waals surface area (Å²) in [5, 5.41) is 1.29. The lowest BCUT2D eigenvalue weighted by Gasteiger charge is -1.97. The molecule has 0 aliphatic carbocycles. The molecule has 0 atom stereocenters. The lowest BCUT2D eigenvalue weighted by atomic mass is 10.1. The van der Waals surface area contributed by atoms with Gasteiger partial charge in [-0.2, -0.15) is 0 Å². The van der Waals surface area contributed by atoms with Gasteiger partial charge in [-0.1, -0.05) is 23.7 Å². The van der Waals surface area contributed by atoms with Gasteiger partial charge in [0.1, 0.15) is 10.6 Å². The third-order valence-electron chi connectivity index (χ3n) is 2.81. The highest BCUT2D eigenvalue weighted by atomic mass is 35.5. The predicted molar refractivity (Wildman–Crippen MR) is 75.9 cm³/mol. The summed E-state index contributed by atoms with van der Waals surface area (Å²) in [6.45, 7) is 0. The number of rotatable bonds is 2. The van der Waals surface area contributed by atoms with Gasteiger partial charge < -0.3 is 9.15 Å². The molecule has 0 aliphatic heterocycles. The van der Waals surface area contributed by atoms with Gasteiger partial charge in [0.05, 0.1) is 18.4 Å². The van der Waals surface area contributed by atoms with Gasteiger partial charge in [-0.3, -0.25) is 0 Å². The fraction of sp³-hybridized carbons (Fsp3) is 0.0714. The molecule has 2 heterocycles. The smallest absolute Gasteiger partial charge is 0.349 e. The number of carbonyl (C=O) groups excluding carboxylic acids is 1. The molecular weight excluding hydrogens is 284 g/mol. The van der Waals surface area contributed by atoms with E-state index in [4.69, 9.17) is 20.8 Å². The summed E-state index contributed by atoms with van der Waals surface area (Å²) in [6.07, 6.45) is 1.63. The van der Waals surface area contributed by atoms with E-state index in [9.17, 15) is 4.79 Å². The van der Waals surface area contributed by atoms with Gasteiger partial charge in [0.15, 0.2) is 0 Å². The first-order valence-electron chi connectivity index (χ1n) is 5.55. The van der Waals surface area contributed by atoms with Crippen molar-refractivity contribution in [1.29, 1.82) is 0 Å². The van der Waals surface area contributed by atoms with Crippen LogP contribution in [0.25, 0.3) is 21.4 Å². The van der Waals surface area contributed by atoms with Crippen LogP contribution in [-0.2, 0) is 4.74 Å². The minimum absolute atomic E-state index is 0.411. The van der Waals surface area contributed by atoms with Crippen LogP contribution in [0.1, 0.15) is 9.67 Å². The Morgan fingerprint density at radius 1 is 1.37 bits per heavy atom. The maximum atomic E-state index is 11.6. The van der Waals surface area contributed by atoms with Gasteiger partial charge in [0.2, 0.25) is 0 Å². The van der Waals surface area contributed by atoms with Crippen molar-refractivity contribution >= 4 is 39.0 Å². The Morgan fingerprint density at radius 2 is 2.21 bits per heavy atom. The molecule has 3 nitrogen and oxygen atoms in total. The highest BCUT2D eigenvalue weighted by Gasteiger charge is 2.18. The van der Waals surface area contributed by atoms with Crippen LogP contribution in [0.2, 0.25) is 5.02 Å². The number of methoxy groups -OCH3 is 1. The fourth-order valence-electron chi connectivity index (χ4n) is 1.89. The highest BCUT2D eigenvalue weighted by Crippen LogP contribution is 2.37. The number of carbonyl (C=O) groups is 1. The van der Waals surface area contributed by atoms with Crippen LogP contribution in [0.5, 0.6) is 0 Å². The molecule has 3 rings (SSSR count). The average Bonchev–Trinajstić information content (AvgIpc) is 3.06. The molecule has 0 saturated carbocycles. The van der Waals surface area contributed by atoms with Crippen molar-refractivity contribution in [2.45, 2.75) is 0 Å². The number of furan rings is 1. The molecule has 1 aromatic carbocycles. The van der Waals surface area contributed by atoms with Crippen LogP contribution < -0.4 is 0 Å². The number of esters is 1. The summed E-state index contributed by atoms with van der Waals surface area (Å²) < 4.78 is 11.0. The van der Waals surface area contributed by atoms with Gasteiger partial charge in [0.25, 0.3) is 0 Å². The Morgan fingerprint density at radius 3 is 2.89 bits per heavy atom. The number of ether oxygens (including phenoxy) is 1. The van der Waals surface area contributed by atoms with E-state index < -0.39 is 5.97 Å². The van der Waals surface area contributed by atoms with Crippen molar-refractivity contribution in [3.8, 4) is 11.3 Å². The van der Waals surface area contributed by atoms with E-state index in [1.807, 2.05) is 30.3 Å². The Balaban J connectivity index is 2.17. The van der Waals surface area contributed by atoms with Crippen LogP contribution >= 0.6 is 22.9 Å². The second-order valence-electron chi connectivity index (χ2n) is 3.92. The highest BCUT2D eigenvalue weighted by molar-refractivity contribution is 7.21. The maximum absolute atomic E-state index is 11.6. The zero-order valence-corrected chi connectivity index (χ0v) is 11.5. The first kappa shape index (κ1) is 12.3. The van der Waals surface area contributed by atoms with Crippen molar-refractivity contribution in [3.05, 3.63) is 46.5 Å². The summed E-state index contributed by atoms with van der Waals surface area (Å²) >= 11 is 7.51. The van der Waals surface area contributed by atoms with Gasteiger partial charge in [0, 0.05) is 15.6 Å². The molecule has 0 saturated heterocycles. The molecule has 0 N–H and O–H groups in total. The van der Waals surface area contributed by atoms with Crippen molar-refractivity contribution in [1.82, 2.24) is 0 Å². The van der Waals surface area contributed by atoms with E-state index in [1.54, 1.807) is 6.26 Å². The third kappa shape index (κ3) is 2.03. The van der Waals surface area contributed by atoms with E-state index in [2.05, 4.69) is 0 Å². The minimum atomic E-state index is -0.411. The van der Waals surface area contributed by atoms with Crippen LogP contribution in [0, 0.1) is 0 Å². The van der Waals surface area contributed by atoms with Crippen LogP contribution in [0.15, 0.2) is 41.0 Å². The average molecular weight is 293 g/mol. The number of hydrogen-bond donors (Lipinski definition) is 0. The van der Waals surface area contributed by atoms with Crippen LogP contribution in [0.3, 0.4) is 0 Å². The Labute approximate surface area is 118 Å². The Kier molecular flexibility index (Phi) is 3.05. The summed E-state index contributed by atoms with van der Waals surface area (Å²) in [5.41, 5.74) is 0.951. The van der Waals surface area contributed by atoms with Crippen LogP contribution in [-0.4, -0.2) is 13.1 Å². The van der Waals surface area contributed by atoms with E-state index in [0.29, 0.717) is 9.90 Å². The number of benzene rings is 1. The summed E-state index contributed by atoms with van der Waals surface area (Å²) in [7, 11) is 1.34. The zero-order chi connectivity index (χ0) is 13.4. The predicted octanol–water partition coefficient (Wildman–Crippen LogP) is 4.60. The second kappa shape index (κ2) is 4.72. The maximum Gasteiger partial charge on any atom is 0.349 e. The summed E-state index contributed by atoms with van der Waals surface area (Å²) in [6, 6.07) is 9.48. The van der Waals surface area contributed by atoms with E-state index in [0.717, 1.165) is 21.4 Å². The second-order valence-corrected chi connectivity index (χ2v) is 5.36. The molecule has 2 aromatic heterocycles. The molecule has 96 valence electrons. The quantitative estimate of drug-likeness (QED) is 0.648. The Bertz CT molecular complexity index is 743. The SMILES string of the molecule is COC(=O)c1sc2cc(-c3ccco3)ccc2c1Cl. The molecule has 0 amide bonds. The topological polar surface area (TPSA) is 39.4 Å². The lowest BCUT2D eigenvalue weighted by molar-refractivity contribution is 0.0606. The zero-order valence-electron chi connectivity index (χ0n) is 9.98. The first-order chi connectivity index (χ1) is 9.20. The van der Waals surface area contributed by atoms with Gasteiger partial charge in [-0.05, 0) is 18.2 Å². The third-order valence-corrected chi connectivity index (χ3v) is 4.44. The minimum Gasteiger partial charge on any atom is -0.465 e. The van der Waals surface area contributed by atoms with Crippen molar-refractivity contribution < 1.29 is 13.9 Å². The van der Waals surface area contributed by atoms with Gasteiger partial charge >= 0.3 is 5.97 Å². The van der Waals surface area contributed by atoms with Crippen LogP contribution in [0.4, 0.5) is 0 Å². The molecule has 0 radical (unpaired) electrons. The molecule has 0 spiro atoms. The lowest BCUT2D eigenvalue weighted by Crippen LogP contribution is -1.97. The van der Waals surface area contributed by atoms with Crippen molar-refractivity contribution in [2.24, 2.45) is 0 Å². The van der Waals surface area contributed by atoms with Gasteiger partial charge in [-0.15, -0.1) is 11.3 Å². The molecule has 19 heavy (non-hydrogen) atoms. The first-order valence-corrected chi connectivity index (χ1v) is 6.74. The van der Waals surface area contributed by atoms with Crippen molar-refractivity contribution in [3.63, 3.8) is 0 Å². The molecule has 3 aromatic rings. The number of halogens is 1. The van der Waals surface area contributed by atoms with Crippen molar-refractivity contribution in [2.75, 3.05) is 7.11 Å². The molecule has 5 heteroatoms. The fourth-order valence-corrected chi connectivity index (χ4v) is 3.35. The van der Waals surface area contributed by atoms with E-state index in [-0.39, 0.29) is 0 Å². The molecular formula is C14H9ClO3S. The normalized spacial score (nSPS) is 10.8. The standard InChI is InChI=1S/C14H9ClO3S/c1-17-14(16)13-12(15)9-5-4-8(7-11(9)19-13)10-3-2-6-18-10/h2-7H,1H3. The summed E-state index contributed by atoms with van der Waals surface area (Å²) in [5.74, 6) is 0.372. The molecule has 0 unspecified atom stereocenters. The number of fused-ring (bicyclic) bond motifs is 1. The molecule has 0 bridgehead atoms. The molecule has 0 fully saturated rings. The number of hydrogen-bond acceptors (Lipinski definition) is 4. The number of thiophene rings is 1. The Hall–Kier alpha value is -1.78. The van der Waals surface area contributed by atoms with E-state index in [1.165, 1.54) is 18.4 Å². The molecule has 0 aliphatic rings. The largest absolute Gasteiger partial charge is 0.465 e. The summed E-state index contributed by atoms with van der Waals surface area (Å²) in [4.78, 5) is 12.0. The monoisotopic (exact) mass is 292 g/mol.